The Balaban J connectivity index is 2.18. The molecule has 26 heavy (non-hydrogen) atoms. The van der Waals surface area contributed by atoms with Crippen LogP contribution in [0.2, 0.25) is 0 Å². The number of anilines is 1. The first-order chi connectivity index (χ1) is 12.0. The Kier molecular flexibility index (Phi) is 5.34. The van der Waals surface area contributed by atoms with E-state index < -0.39 is 32.9 Å². The van der Waals surface area contributed by atoms with Crippen molar-refractivity contribution in [1.82, 2.24) is 9.97 Å². The van der Waals surface area contributed by atoms with Crippen LogP contribution in [0.25, 0.3) is 4.85 Å². The fourth-order valence-electron chi connectivity index (χ4n) is 2.03. The molecule has 8 nitrogen and oxygen atoms in total. The molecule has 0 spiro atoms. The number of hydrogen-bond acceptors (Lipinski definition) is 6. The third-order valence-corrected chi connectivity index (χ3v) is 5.36. The van der Waals surface area contributed by atoms with Crippen LogP contribution in [-0.4, -0.2) is 40.8 Å². The van der Waals surface area contributed by atoms with Crippen LogP contribution in [0.5, 0.6) is 0 Å². The third-order valence-electron chi connectivity index (χ3n) is 3.43. The highest BCUT2D eigenvalue weighted by Crippen LogP contribution is 2.20. The number of nitrogens with zero attached hydrogens (tertiary/aromatic N) is 3. The van der Waals surface area contributed by atoms with Crippen molar-refractivity contribution in [3.05, 3.63) is 53.4 Å². The van der Waals surface area contributed by atoms with Crippen molar-refractivity contribution < 1.29 is 22.7 Å². The molecule has 0 aliphatic carbocycles. The van der Waals surface area contributed by atoms with Gasteiger partial charge in [-0.15, -0.1) is 0 Å². The summed E-state index contributed by atoms with van der Waals surface area (Å²) in [4.78, 5) is 22.9. The standard InChI is InChI=1S/C16H15FN4O4S/c1-10-13(18-3)8-19-15(20-10)21-14(22)16(2,23)9-26(24,25)12-6-4-11(17)5-7-12/h4-8,23H,9H2,1-2H3,(H,19,20,21,22)/t16-/m0/s1. The van der Waals surface area contributed by atoms with E-state index in [-0.39, 0.29) is 16.5 Å². The number of sulfone groups is 1. The van der Waals surface area contributed by atoms with Crippen molar-refractivity contribution in [3.63, 3.8) is 0 Å². The normalized spacial score (nSPS) is 13.5. The Morgan fingerprint density at radius 3 is 2.54 bits per heavy atom. The van der Waals surface area contributed by atoms with Gasteiger partial charge in [-0.3, -0.25) is 10.1 Å². The van der Waals surface area contributed by atoms with Crippen LogP contribution in [0, 0.1) is 19.3 Å². The molecule has 1 atom stereocenters. The van der Waals surface area contributed by atoms with E-state index in [0.29, 0.717) is 5.69 Å². The molecule has 2 rings (SSSR count). The van der Waals surface area contributed by atoms with E-state index in [1.165, 1.54) is 6.20 Å². The van der Waals surface area contributed by atoms with Gasteiger partial charge in [0.25, 0.3) is 5.91 Å². The van der Waals surface area contributed by atoms with Crippen molar-refractivity contribution in [1.29, 1.82) is 0 Å². The van der Waals surface area contributed by atoms with Crippen LogP contribution < -0.4 is 5.32 Å². The number of aryl methyl sites for hydroxylation is 1. The lowest BCUT2D eigenvalue weighted by Gasteiger charge is -2.21. The zero-order valence-corrected chi connectivity index (χ0v) is 14.7. The minimum Gasteiger partial charge on any atom is -0.379 e. The fraction of sp³-hybridized carbons (Fsp3) is 0.250. The van der Waals surface area contributed by atoms with Crippen molar-refractivity contribution >= 4 is 27.4 Å². The molecule has 10 heteroatoms. The van der Waals surface area contributed by atoms with Gasteiger partial charge in [-0.2, -0.15) is 0 Å². The van der Waals surface area contributed by atoms with Gasteiger partial charge < -0.3 is 5.11 Å². The van der Waals surface area contributed by atoms with Gasteiger partial charge in [0, 0.05) is 11.9 Å². The van der Waals surface area contributed by atoms with Gasteiger partial charge in [0.15, 0.2) is 15.4 Å². The van der Waals surface area contributed by atoms with Gasteiger partial charge in [-0.1, -0.05) is 0 Å². The van der Waals surface area contributed by atoms with Gasteiger partial charge in [0.2, 0.25) is 11.6 Å². The van der Waals surface area contributed by atoms with E-state index in [0.717, 1.165) is 31.2 Å². The maximum Gasteiger partial charge on any atom is 0.259 e. The Bertz CT molecular complexity index is 982. The predicted molar refractivity (Wildman–Crippen MR) is 90.7 cm³/mol. The molecule has 1 aromatic carbocycles. The highest BCUT2D eigenvalue weighted by atomic mass is 32.2. The number of halogens is 1. The summed E-state index contributed by atoms with van der Waals surface area (Å²) in [6.07, 6.45) is 1.20. The van der Waals surface area contributed by atoms with E-state index in [9.17, 15) is 22.7 Å². The number of rotatable bonds is 5. The maximum absolute atomic E-state index is 12.9. The van der Waals surface area contributed by atoms with Crippen molar-refractivity contribution in [2.45, 2.75) is 24.3 Å². The van der Waals surface area contributed by atoms with Crippen LogP contribution in [-0.2, 0) is 14.6 Å². The third kappa shape index (κ3) is 4.38. The second-order valence-corrected chi connectivity index (χ2v) is 7.71. The van der Waals surface area contributed by atoms with Crippen LogP contribution in [0.3, 0.4) is 0 Å². The molecular weight excluding hydrogens is 363 g/mol. The minimum absolute atomic E-state index is 0.167. The number of aromatic nitrogens is 2. The number of amides is 1. The highest BCUT2D eigenvalue weighted by Gasteiger charge is 2.37. The molecule has 2 aromatic rings. The summed E-state index contributed by atoms with van der Waals surface area (Å²) in [5.74, 6) is -2.72. The number of hydrogen-bond donors (Lipinski definition) is 2. The van der Waals surface area contributed by atoms with Gasteiger partial charge >= 0.3 is 0 Å². The molecule has 0 saturated carbocycles. The number of carbonyl (C=O) groups is 1. The Morgan fingerprint density at radius 2 is 2.00 bits per heavy atom. The summed E-state index contributed by atoms with van der Waals surface area (Å²) in [5, 5.41) is 12.5. The summed E-state index contributed by atoms with van der Waals surface area (Å²) >= 11 is 0. The molecule has 0 bridgehead atoms. The molecule has 136 valence electrons. The summed E-state index contributed by atoms with van der Waals surface area (Å²) in [7, 11) is -4.05. The van der Waals surface area contributed by atoms with Crippen molar-refractivity contribution in [3.8, 4) is 0 Å². The van der Waals surface area contributed by atoms with Gasteiger partial charge in [-0.05, 0) is 38.1 Å². The van der Waals surface area contributed by atoms with Gasteiger partial charge in [0.1, 0.15) is 5.82 Å². The molecule has 0 radical (unpaired) electrons. The van der Waals surface area contributed by atoms with Crippen LogP contribution in [0.15, 0.2) is 35.4 Å². The molecule has 1 amide bonds. The topological polar surface area (TPSA) is 114 Å². The average molecular weight is 378 g/mol. The molecule has 0 aliphatic heterocycles. The second-order valence-electron chi connectivity index (χ2n) is 5.72. The number of benzene rings is 1. The Labute approximate surface area is 149 Å². The maximum atomic E-state index is 12.9. The van der Waals surface area contributed by atoms with Crippen molar-refractivity contribution in [2.24, 2.45) is 0 Å². The molecule has 1 aromatic heterocycles. The minimum atomic E-state index is -4.05. The van der Waals surface area contributed by atoms with Gasteiger partial charge in [-0.25, -0.2) is 27.6 Å². The number of carbonyl (C=O) groups excluding carboxylic acids is 1. The van der Waals surface area contributed by atoms with Crippen LogP contribution >= 0.6 is 0 Å². The van der Waals surface area contributed by atoms with E-state index in [4.69, 9.17) is 6.57 Å². The summed E-state index contributed by atoms with van der Waals surface area (Å²) in [5.41, 5.74) is -1.76. The van der Waals surface area contributed by atoms with Crippen molar-refractivity contribution in [2.75, 3.05) is 11.1 Å². The van der Waals surface area contributed by atoms with Crippen LogP contribution in [0.1, 0.15) is 12.6 Å². The van der Waals surface area contributed by atoms with Gasteiger partial charge in [0.05, 0.1) is 17.2 Å². The summed E-state index contributed by atoms with van der Waals surface area (Å²) in [6, 6.07) is 4.04. The quantitative estimate of drug-likeness (QED) is 0.604. The fourth-order valence-corrected chi connectivity index (χ4v) is 3.62. The molecular formula is C16H15FN4O4S. The van der Waals surface area contributed by atoms with Crippen LogP contribution in [0.4, 0.5) is 16.0 Å². The average Bonchev–Trinajstić information content (AvgIpc) is 2.54. The second kappa shape index (κ2) is 7.15. The van der Waals surface area contributed by atoms with E-state index in [1.807, 2.05) is 0 Å². The lowest BCUT2D eigenvalue weighted by atomic mass is 10.1. The van der Waals surface area contributed by atoms with E-state index in [2.05, 4.69) is 20.1 Å². The molecule has 0 fully saturated rings. The lowest BCUT2D eigenvalue weighted by Crippen LogP contribution is -2.46. The molecule has 0 aliphatic rings. The Hall–Kier alpha value is -2.90. The largest absolute Gasteiger partial charge is 0.379 e. The van der Waals surface area contributed by atoms with E-state index >= 15 is 0 Å². The van der Waals surface area contributed by atoms with E-state index in [1.54, 1.807) is 6.92 Å². The zero-order chi connectivity index (χ0) is 19.5. The lowest BCUT2D eigenvalue weighted by molar-refractivity contribution is -0.130. The molecule has 2 N–H and O–H groups in total. The zero-order valence-electron chi connectivity index (χ0n) is 13.9. The smallest absolute Gasteiger partial charge is 0.259 e. The number of aliphatic hydroxyl groups is 1. The monoisotopic (exact) mass is 378 g/mol. The first-order valence-electron chi connectivity index (χ1n) is 7.28. The molecule has 1 heterocycles. The first kappa shape index (κ1) is 19.4. The SMILES string of the molecule is [C-]#[N+]c1cnc(NC(=O)[C@@](C)(O)CS(=O)(=O)c2ccc(F)cc2)nc1C. The molecule has 0 unspecified atom stereocenters. The first-order valence-corrected chi connectivity index (χ1v) is 8.93. The summed E-state index contributed by atoms with van der Waals surface area (Å²) in [6.45, 7) is 9.49. The summed E-state index contributed by atoms with van der Waals surface area (Å²) < 4.78 is 37.6. The number of nitrogens with one attached hydrogen (secondary N) is 1. The Morgan fingerprint density at radius 1 is 1.38 bits per heavy atom. The molecule has 0 saturated heterocycles. The predicted octanol–water partition coefficient (Wildman–Crippen LogP) is 1.64. The highest BCUT2D eigenvalue weighted by molar-refractivity contribution is 7.91.